The molecule has 0 unspecified atom stereocenters. The summed E-state index contributed by atoms with van der Waals surface area (Å²) in [7, 11) is 0. The third-order valence-corrected chi connectivity index (χ3v) is 6.34. The zero-order chi connectivity index (χ0) is 25.4. The first-order valence-corrected chi connectivity index (χ1v) is 11.9. The minimum absolute atomic E-state index is 0.0968. The van der Waals surface area contributed by atoms with E-state index in [0.717, 1.165) is 11.1 Å². The van der Waals surface area contributed by atoms with Crippen LogP contribution in [0, 0.1) is 6.92 Å². The number of hydrogen-bond donors (Lipinski definition) is 1. The zero-order valence-corrected chi connectivity index (χ0v) is 20.4. The molecule has 0 spiro atoms. The van der Waals surface area contributed by atoms with Crippen molar-refractivity contribution in [2.45, 2.75) is 33.2 Å². The van der Waals surface area contributed by atoms with Crippen LogP contribution in [0.5, 0.6) is 0 Å². The van der Waals surface area contributed by atoms with E-state index in [9.17, 15) is 14.4 Å². The molecular weight excluding hydrogens is 452 g/mol. The molecule has 5 rings (SSSR count). The molecule has 0 atom stereocenters. The number of aromatic nitrogens is 3. The van der Waals surface area contributed by atoms with Gasteiger partial charge in [0.1, 0.15) is 5.57 Å². The average Bonchev–Trinajstić information content (AvgIpc) is 3.34. The molecule has 3 heterocycles. The first-order chi connectivity index (χ1) is 17.4. The van der Waals surface area contributed by atoms with Gasteiger partial charge in [-0.3, -0.25) is 24.4 Å². The summed E-state index contributed by atoms with van der Waals surface area (Å²) in [5, 5.41) is 3.20. The molecule has 0 bridgehead atoms. The highest BCUT2D eigenvalue weighted by Gasteiger charge is 2.47. The van der Waals surface area contributed by atoms with Gasteiger partial charge >= 0.3 is 5.91 Å². The third-order valence-electron chi connectivity index (χ3n) is 6.34. The summed E-state index contributed by atoms with van der Waals surface area (Å²) in [4.78, 5) is 42.7. The smallest absolute Gasteiger partial charge is 0.294 e. The molecule has 7 nitrogen and oxygen atoms in total. The third kappa shape index (κ3) is 3.98. The van der Waals surface area contributed by atoms with Crippen LogP contribution >= 0.6 is 0 Å². The van der Waals surface area contributed by atoms with Crippen LogP contribution in [-0.2, 0) is 16.1 Å². The molecule has 0 saturated heterocycles. The molecule has 0 radical (unpaired) electrons. The van der Waals surface area contributed by atoms with Gasteiger partial charge in [-0.05, 0) is 36.1 Å². The van der Waals surface area contributed by atoms with E-state index in [0.29, 0.717) is 11.4 Å². The number of benzene rings is 2. The minimum atomic E-state index is -0.481. The standard InChI is InChI=1S/C29H26N4O3/c1-19(2)25-23(28(35)33(30-25)22-12-8-5-9-13-22)24-26(31-16-14-20(3)15-17-31)29(36)32(27(24)34)18-21-10-6-4-7-11-21/h4-17,19H,18H2,1-3H3/p+1. The van der Waals surface area contributed by atoms with Gasteiger partial charge in [-0.25, -0.2) is 4.68 Å². The fourth-order valence-electron chi connectivity index (χ4n) is 4.46. The number of H-pyrrole nitrogens is 1. The molecule has 2 amide bonds. The second-order valence-corrected chi connectivity index (χ2v) is 9.22. The number of nitrogens with zero attached hydrogens (tertiary/aromatic N) is 3. The van der Waals surface area contributed by atoms with E-state index in [2.05, 4.69) is 5.10 Å². The molecule has 2 aromatic heterocycles. The van der Waals surface area contributed by atoms with Gasteiger partial charge in [0, 0.05) is 17.8 Å². The van der Waals surface area contributed by atoms with Crippen LogP contribution < -0.4 is 10.1 Å². The van der Waals surface area contributed by atoms with Crippen molar-refractivity contribution in [1.29, 1.82) is 0 Å². The number of rotatable bonds is 6. The fourth-order valence-corrected chi connectivity index (χ4v) is 4.46. The lowest BCUT2D eigenvalue weighted by Gasteiger charge is -2.14. The highest BCUT2D eigenvalue weighted by Crippen LogP contribution is 2.33. The Morgan fingerprint density at radius 1 is 0.833 bits per heavy atom. The Labute approximate surface area is 208 Å². The molecule has 1 aliphatic heterocycles. The van der Waals surface area contributed by atoms with Crippen LogP contribution in [0.4, 0.5) is 0 Å². The number of aromatic amines is 1. The van der Waals surface area contributed by atoms with Crippen LogP contribution in [0.15, 0.2) is 90.0 Å². The number of pyridine rings is 1. The number of aryl methyl sites for hydroxylation is 1. The van der Waals surface area contributed by atoms with Gasteiger partial charge in [-0.15, -0.1) is 0 Å². The number of imide groups is 1. The van der Waals surface area contributed by atoms with Crippen LogP contribution in [0.25, 0.3) is 17.0 Å². The predicted molar refractivity (Wildman–Crippen MR) is 137 cm³/mol. The summed E-state index contributed by atoms with van der Waals surface area (Å²) in [5.74, 6) is -1.01. The number of amides is 2. The molecule has 0 fully saturated rings. The largest absolute Gasteiger partial charge is 0.327 e. The van der Waals surface area contributed by atoms with Crippen molar-refractivity contribution in [2.75, 3.05) is 0 Å². The molecule has 0 saturated carbocycles. The summed E-state index contributed by atoms with van der Waals surface area (Å²) in [6.45, 7) is 5.97. The summed E-state index contributed by atoms with van der Waals surface area (Å²) < 4.78 is 3.07. The topological polar surface area (TPSA) is 79.1 Å². The quantitative estimate of drug-likeness (QED) is 0.337. The number of carbonyl (C=O) groups excluding carboxylic acids is 2. The lowest BCUT2D eigenvalue weighted by atomic mass is 9.98. The SMILES string of the molecule is Cc1cc[n+](C2=C(c3c(C(C)C)[nH]n(-c4ccccc4)c3=O)C(=O)N(Cc3ccccc3)C2=O)cc1. The highest BCUT2D eigenvalue weighted by atomic mass is 16.2. The molecule has 7 heteroatoms. The molecule has 180 valence electrons. The maximum atomic E-state index is 13.9. The Kier molecular flexibility index (Phi) is 5.98. The normalized spacial score (nSPS) is 13.8. The lowest BCUT2D eigenvalue weighted by Crippen LogP contribution is -2.39. The average molecular weight is 480 g/mol. The second-order valence-electron chi connectivity index (χ2n) is 9.22. The van der Waals surface area contributed by atoms with Crippen molar-refractivity contribution >= 4 is 23.1 Å². The van der Waals surface area contributed by atoms with Gasteiger partial charge < -0.3 is 0 Å². The Morgan fingerprint density at radius 2 is 1.44 bits per heavy atom. The molecular formula is C29H27N4O3+. The van der Waals surface area contributed by atoms with Crippen LogP contribution in [0.2, 0.25) is 0 Å². The van der Waals surface area contributed by atoms with Gasteiger partial charge in [0.15, 0.2) is 12.4 Å². The second kappa shape index (κ2) is 9.26. The number of para-hydroxylation sites is 1. The minimum Gasteiger partial charge on any atom is -0.294 e. The molecule has 1 aliphatic rings. The lowest BCUT2D eigenvalue weighted by molar-refractivity contribution is -0.577. The molecule has 36 heavy (non-hydrogen) atoms. The van der Waals surface area contributed by atoms with Crippen LogP contribution in [0.3, 0.4) is 0 Å². The van der Waals surface area contributed by atoms with E-state index < -0.39 is 11.8 Å². The maximum Gasteiger partial charge on any atom is 0.327 e. The molecule has 2 aromatic carbocycles. The van der Waals surface area contributed by atoms with E-state index in [1.807, 2.05) is 93.6 Å². The van der Waals surface area contributed by atoms with Crippen molar-refractivity contribution in [3.8, 4) is 5.69 Å². The van der Waals surface area contributed by atoms with Crippen molar-refractivity contribution < 1.29 is 14.2 Å². The summed E-state index contributed by atoms with van der Waals surface area (Å²) in [5.41, 5.74) is 3.25. The summed E-state index contributed by atoms with van der Waals surface area (Å²) >= 11 is 0. The van der Waals surface area contributed by atoms with Gasteiger partial charge in [-0.1, -0.05) is 62.4 Å². The van der Waals surface area contributed by atoms with E-state index in [4.69, 9.17) is 0 Å². The number of nitrogens with one attached hydrogen (secondary N) is 1. The summed E-state index contributed by atoms with van der Waals surface area (Å²) in [6.07, 6.45) is 3.50. The Balaban J connectivity index is 1.74. The van der Waals surface area contributed by atoms with Gasteiger partial charge in [0.25, 0.3) is 17.2 Å². The fraction of sp³-hybridized carbons (Fsp3) is 0.172. The highest BCUT2D eigenvalue weighted by molar-refractivity contribution is 6.44. The van der Waals surface area contributed by atoms with Crippen molar-refractivity contribution in [3.63, 3.8) is 0 Å². The van der Waals surface area contributed by atoms with E-state index in [1.54, 1.807) is 17.0 Å². The maximum absolute atomic E-state index is 13.9. The van der Waals surface area contributed by atoms with Crippen LogP contribution in [-0.4, -0.2) is 26.5 Å². The van der Waals surface area contributed by atoms with Gasteiger partial charge in [0.05, 0.1) is 17.8 Å². The molecule has 1 N–H and O–H groups in total. The first-order valence-electron chi connectivity index (χ1n) is 11.9. The number of hydrogen-bond acceptors (Lipinski definition) is 3. The molecule has 4 aromatic rings. The first kappa shape index (κ1) is 23.2. The predicted octanol–water partition coefficient (Wildman–Crippen LogP) is 3.82. The Hall–Kier alpha value is -4.52. The molecule has 0 aliphatic carbocycles. The number of carbonyl (C=O) groups is 2. The van der Waals surface area contributed by atoms with E-state index in [-0.39, 0.29) is 34.9 Å². The van der Waals surface area contributed by atoms with E-state index >= 15 is 0 Å². The van der Waals surface area contributed by atoms with Gasteiger partial charge in [0.2, 0.25) is 0 Å². The Morgan fingerprint density at radius 3 is 2.06 bits per heavy atom. The van der Waals surface area contributed by atoms with Crippen molar-refractivity contribution in [1.82, 2.24) is 14.7 Å². The summed E-state index contributed by atoms with van der Waals surface area (Å²) in [6, 6.07) is 22.3. The monoisotopic (exact) mass is 479 g/mol. The van der Waals surface area contributed by atoms with Crippen LogP contribution in [0.1, 0.15) is 42.1 Å². The zero-order valence-electron chi connectivity index (χ0n) is 20.4. The van der Waals surface area contributed by atoms with E-state index in [1.165, 1.54) is 9.58 Å². The van der Waals surface area contributed by atoms with Gasteiger partial charge in [-0.2, -0.15) is 4.57 Å². The Bertz CT molecular complexity index is 1530. The van der Waals surface area contributed by atoms with Crippen molar-refractivity contribution in [3.05, 3.63) is 118 Å². The van der Waals surface area contributed by atoms with Crippen molar-refractivity contribution in [2.24, 2.45) is 0 Å².